The second-order valence-electron chi connectivity index (χ2n) is 3.38. The average Bonchev–Trinajstić information content (AvgIpc) is 2.48. The van der Waals surface area contributed by atoms with Crippen LogP contribution in [0, 0.1) is 12.3 Å². The lowest BCUT2D eigenvalue weighted by Crippen LogP contribution is -2.36. The van der Waals surface area contributed by atoms with Gasteiger partial charge in [-0.15, -0.1) is 6.42 Å². The van der Waals surface area contributed by atoms with E-state index in [1.54, 1.807) is 6.26 Å². The van der Waals surface area contributed by atoms with Crippen LogP contribution < -0.4 is 5.32 Å². The van der Waals surface area contributed by atoms with E-state index < -0.39 is 0 Å². The minimum Gasteiger partial charge on any atom is -0.457 e. The zero-order valence-electron chi connectivity index (χ0n) is 7.73. The largest absolute Gasteiger partial charge is 0.457 e. The summed E-state index contributed by atoms with van der Waals surface area (Å²) >= 11 is 3.23. The summed E-state index contributed by atoms with van der Waals surface area (Å²) in [4.78, 5) is 0. The van der Waals surface area contributed by atoms with E-state index in [4.69, 9.17) is 10.8 Å². The monoisotopic (exact) mass is 241 g/mol. The second-order valence-corrected chi connectivity index (χ2v) is 4.16. The molecular weight excluding hydrogens is 230 g/mol. The van der Waals surface area contributed by atoms with E-state index in [0.29, 0.717) is 6.54 Å². The maximum Gasteiger partial charge on any atom is 0.169 e. The van der Waals surface area contributed by atoms with E-state index in [0.717, 1.165) is 10.2 Å². The summed E-state index contributed by atoms with van der Waals surface area (Å²) in [6, 6.07) is 1.92. The molecule has 0 radical (unpaired) electrons. The van der Waals surface area contributed by atoms with Crippen LogP contribution in [0.15, 0.2) is 21.4 Å². The number of furan rings is 1. The van der Waals surface area contributed by atoms with Gasteiger partial charge in [0.2, 0.25) is 0 Å². The molecule has 2 nitrogen and oxygen atoms in total. The third kappa shape index (κ3) is 3.25. The molecule has 0 aliphatic heterocycles. The molecule has 0 aromatic carbocycles. The van der Waals surface area contributed by atoms with Gasteiger partial charge in [0.05, 0.1) is 11.8 Å². The topological polar surface area (TPSA) is 25.2 Å². The highest BCUT2D eigenvalue weighted by Gasteiger charge is 2.12. The molecule has 13 heavy (non-hydrogen) atoms. The van der Waals surface area contributed by atoms with Gasteiger partial charge in [-0.1, -0.05) is 5.92 Å². The number of terminal acetylenes is 1. The molecule has 1 aromatic heterocycles. The summed E-state index contributed by atoms with van der Waals surface area (Å²) in [5.41, 5.74) is 0.805. The van der Waals surface area contributed by atoms with Gasteiger partial charge >= 0.3 is 0 Å². The summed E-state index contributed by atoms with van der Waals surface area (Å²) in [7, 11) is 0. The van der Waals surface area contributed by atoms with Crippen LogP contribution in [0.3, 0.4) is 0 Å². The zero-order chi connectivity index (χ0) is 9.90. The van der Waals surface area contributed by atoms with Crippen molar-refractivity contribution in [3.8, 4) is 12.3 Å². The standard InChI is InChI=1S/C10H12BrNO/c1-4-10(2,3)12-6-8-5-9(11)13-7-8/h1,5,7,12H,6H2,2-3H3. The van der Waals surface area contributed by atoms with E-state index in [-0.39, 0.29) is 5.54 Å². The van der Waals surface area contributed by atoms with Crippen LogP contribution in [-0.4, -0.2) is 5.54 Å². The molecule has 0 spiro atoms. The summed E-state index contributed by atoms with van der Waals surface area (Å²) in [5, 5.41) is 3.22. The minimum absolute atomic E-state index is 0.274. The van der Waals surface area contributed by atoms with E-state index in [2.05, 4.69) is 27.2 Å². The highest BCUT2D eigenvalue weighted by molar-refractivity contribution is 9.10. The van der Waals surface area contributed by atoms with Gasteiger partial charge in [0.15, 0.2) is 4.67 Å². The lowest BCUT2D eigenvalue weighted by Gasteiger charge is -2.18. The Balaban J connectivity index is 2.49. The van der Waals surface area contributed by atoms with Crippen LogP contribution in [-0.2, 0) is 6.54 Å². The molecule has 70 valence electrons. The molecule has 3 heteroatoms. The fourth-order valence-corrected chi connectivity index (χ4v) is 1.20. The van der Waals surface area contributed by atoms with Crippen molar-refractivity contribution in [1.82, 2.24) is 5.32 Å². The molecule has 1 heterocycles. The Morgan fingerprint density at radius 2 is 2.38 bits per heavy atom. The lowest BCUT2D eigenvalue weighted by molar-refractivity contribution is 0.485. The molecule has 0 saturated carbocycles. The van der Waals surface area contributed by atoms with Gasteiger partial charge in [-0.25, -0.2) is 0 Å². The predicted octanol–water partition coefficient (Wildman–Crippen LogP) is 2.54. The van der Waals surface area contributed by atoms with E-state index >= 15 is 0 Å². The third-order valence-electron chi connectivity index (χ3n) is 1.72. The highest BCUT2D eigenvalue weighted by atomic mass is 79.9. The minimum atomic E-state index is -0.274. The fraction of sp³-hybridized carbons (Fsp3) is 0.400. The Bertz CT molecular complexity index is 322. The smallest absolute Gasteiger partial charge is 0.169 e. The quantitative estimate of drug-likeness (QED) is 0.824. The van der Waals surface area contributed by atoms with Crippen molar-refractivity contribution < 1.29 is 4.42 Å². The maximum atomic E-state index is 5.33. The summed E-state index contributed by atoms with van der Waals surface area (Å²) < 4.78 is 5.83. The summed E-state index contributed by atoms with van der Waals surface area (Å²) in [6.45, 7) is 4.64. The second kappa shape index (κ2) is 3.99. The molecule has 0 aliphatic rings. The van der Waals surface area contributed by atoms with Crippen LogP contribution in [0.4, 0.5) is 0 Å². The molecule has 1 rings (SSSR count). The molecule has 1 aromatic rings. The van der Waals surface area contributed by atoms with Gasteiger partial charge in [-0.05, 0) is 35.8 Å². The number of halogens is 1. The molecule has 0 fully saturated rings. The first-order chi connectivity index (χ1) is 6.03. The van der Waals surface area contributed by atoms with Gasteiger partial charge in [0.25, 0.3) is 0 Å². The lowest BCUT2D eigenvalue weighted by atomic mass is 10.1. The SMILES string of the molecule is C#CC(C)(C)NCc1coc(Br)c1. The molecule has 1 N–H and O–H groups in total. The van der Waals surface area contributed by atoms with E-state index in [1.807, 2.05) is 19.9 Å². The Morgan fingerprint density at radius 1 is 1.69 bits per heavy atom. The zero-order valence-corrected chi connectivity index (χ0v) is 9.31. The van der Waals surface area contributed by atoms with Crippen LogP contribution in [0.2, 0.25) is 0 Å². The molecule has 0 amide bonds. The van der Waals surface area contributed by atoms with Gasteiger partial charge in [0, 0.05) is 12.1 Å². The van der Waals surface area contributed by atoms with Crippen molar-refractivity contribution in [1.29, 1.82) is 0 Å². The van der Waals surface area contributed by atoms with Gasteiger partial charge in [-0.2, -0.15) is 0 Å². The summed E-state index contributed by atoms with van der Waals surface area (Å²) in [6.07, 6.45) is 7.03. The summed E-state index contributed by atoms with van der Waals surface area (Å²) in [5.74, 6) is 2.66. The molecule has 0 unspecified atom stereocenters. The van der Waals surface area contributed by atoms with Crippen molar-refractivity contribution >= 4 is 15.9 Å². The third-order valence-corrected chi connectivity index (χ3v) is 2.13. The molecule has 0 bridgehead atoms. The fourth-order valence-electron chi connectivity index (χ4n) is 0.813. The number of rotatable bonds is 3. The first-order valence-corrected chi connectivity index (χ1v) is 4.78. The molecule has 0 saturated heterocycles. The Labute approximate surface area is 86.8 Å². The molecule has 0 atom stereocenters. The van der Waals surface area contributed by atoms with Crippen LogP contribution in [0.1, 0.15) is 19.4 Å². The van der Waals surface area contributed by atoms with Crippen molar-refractivity contribution in [2.24, 2.45) is 0 Å². The van der Waals surface area contributed by atoms with E-state index in [9.17, 15) is 0 Å². The van der Waals surface area contributed by atoms with Crippen molar-refractivity contribution in [3.05, 3.63) is 22.6 Å². The van der Waals surface area contributed by atoms with Gasteiger partial charge < -0.3 is 4.42 Å². The van der Waals surface area contributed by atoms with E-state index in [1.165, 1.54) is 0 Å². The molecule has 0 aliphatic carbocycles. The Kier molecular flexibility index (Phi) is 3.18. The van der Waals surface area contributed by atoms with Crippen LogP contribution >= 0.6 is 15.9 Å². The van der Waals surface area contributed by atoms with Gasteiger partial charge in [-0.3, -0.25) is 5.32 Å². The first kappa shape index (κ1) is 10.4. The number of nitrogens with one attached hydrogen (secondary N) is 1. The maximum absolute atomic E-state index is 5.33. The van der Waals surface area contributed by atoms with Crippen molar-refractivity contribution in [3.63, 3.8) is 0 Å². The predicted molar refractivity (Wildman–Crippen MR) is 56.2 cm³/mol. The van der Waals surface area contributed by atoms with Crippen LogP contribution in [0.5, 0.6) is 0 Å². The molecular formula is C10H12BrNO. The number of hydrogen-bond acceptors (Lipinski definition) is 2. The number of hydrogen-bond donors (Lipinski definition) is 1. The Hall–Kier alpha value is -0.720. The van der Waals surface area contributed by atoms with Crippen molar-refractivity contribution in [2.45, 2.75) is 25.9 Å². The van der Waals surface area contributed by atoms with Crippen molar-refractivity contribution in [2.75, 3.05) is 0 Å². The van der Waals surface area contributed by atoms with Crippen LogP contribution in [0.25, 0.3) is 0 Å². The van der Waals surface area contributed by atoms with Gasteiger partial charge in [0.1, 0.15) is 0 Å². The average molecular weight is 242 g/mol. The highest BCUT2D eigenvalue weighted by Crippen LogP contribution is 2.14. The first-order valence-electron chi connectivity index (χ1n) is 3.99. The normalized spacial score (nSPS) is 11.2. The Morgan fingerprint density at radius 3 is 2.85 bits per heavy atom.